The molecule has 29 rings (SSSR count). The minimum absolute atomic E-state index is 0.401. The fourth-order valence-electron chi connectivity index (χ4n) is 20.9. The molecule has 0 bridgehead atoms. The summed E-state index contributed by atoms with van der Waals surface area (Å²) in [6, 6.07) is 156. The zero-order valence-corrected chi connectivity index (χ0v) is 79.6. The Morgan fingerprint density at radius 2 is 0.302 bits per heavy atom. The van der Waals surface area contributed by atoms with Crippen LogP contribution in [0.5, 0.6) is 0 Å². The van der Waals surface area contributed by atoms with E-state index in [-0.39, 0.29) is 0 Å². The molecule has 0 radical (unpaired) electrons. The summed E-state index contributed by atoms with van der Waals surface area (Å²) < 4.78 is 11.2. The van der Waals surface area contributed by atoms with Crippen molar-refractivity contribution in [3.8, 4) is 165 Å². The third kappa shape index (κ3) is 15.5. The first kappa shape index (κ1) is 86.1. The normalized spacial score (nSPS) is 11.6. The number of fused-ring (bicyclic) bond motifs is 15. The Kier molecular flexibility index (Phi) is 21.0. The summed E-state index contributed by atoms with van der Waals surface area (Å²) in [5, 5.41) is 11.5. The van der Waals surface area contributed by atoms with Crippen molar-refractivity contribution in [2.75, 3.05) is 0 Å². The predicted molar refractivity (Wildman–Crippen MR) is 597 cm³/mol. The minimum atomic E-state index is 0.401. The van der Waals surface area contributed by atoms with Crippen molar-refractivity contribution < 1.29 is 0 Å². The molecule has 0 atom stereocenters. The van der Waals surface area contributed by atoms with Gasteiger partial charge in [0.1, 0.15) is 0 Å². The minimum Gasteiger partial charge on any atom is -0.309 e. The van der Waals surface area contributed by atoms with E-state index in [1.165, 1.54) is 43.6 Å². The molecule has 0 saturated carbocycles. The van der Waals surface area contributed by atoms with Gasteiger partial charge in [-0.05, 0) is 155 Å². The first-order valence-corrected chi connectivity index (χ1v) is 49.3. The van der Waals surface area contributed by atoms with E-state index in [1.54, 1.807) is 24.8 Å². The topological polar surface area (TPSA) is 218 Å². The maximum atomic E-state index is 4.98. The molecule has 149 heavy (non-hydrogen) atoms. The summed E-state index contributed by atoms with van der Waals surface area (Å²) in [7, 11) is 0. The van der Waals surface area contributed by atoms with Crippen molar-refractivity contribution in [2.45, 2.75) is 0 Å². The average molecular weight is 1910 g/mol. The van der Waals surface area contributed by atoms with Crippen LogP contribution >= 0.6 is 0 Å². The Labute approximate surface area is 852 Å². The van der Waals surface area contributed by atoms with Gasteiger partial charge in [-0.3, -0.25) is 9.13 Å². The number of rotatable bonds is 17. The summed E-state index contributed by atoms with van der Waals surface area (Å²) in [6.07, 6.45) is 10.9. The number of hydrogen-bond acceptors (Lipinski definition) is 15. The molecule has 0 unspecified atom stereocenters. The molecule has 29 aromatic rings. The molecule has 0 aliphatic rings. The Morgan fingerprint density at radius 3 is 0.557 bits per heavy atom. The number of benzene rings is 18. The van der Waals surface area contributed by atoms with Crippen LogP contribution in [0, 0.1) is 0 Å². The second-order valence-electron chi connectivity index (χ2n) is 36.7. The number of hydrogen-bond donors (Lipinski definition) is 0. The molecule has 0 aliphatic carbocycles. The molecule has 696 valence electrons. The zero-order valence-electron chi connectivity index (χ0n) is 79.6. The molecule has 11 heterocycles. The third-order valence-electron chi connectivity index (χ3n) is 27.9. The van der Waals surface area contributed by atoms with Gasteiger partial charge in [-0.1, -0.05) is 328 Å². The average Bonchev–Trinajstić information content (AvgIpc) is 1.58. The van der Waals surface area contributed by atoms with E-state index in [0.29, 0.717) is 81.3 Å². The molecular weight excluding hydrogens is 1830 g/mol. The molecule has 0 amide bonds. The van der Waals surface area contributed by atoms with Crippen molar-refractivity contribution in [1.82, 2.24) is 97.6 Å². The van der Waals surface area contributed by atoms with Crippen molar-refractivity contribution in [2.24, 2.45) is 0 Å². The van der Waals surface area contributed by atoms with E-state index in [1.807, 2.05) is 207 Å². The second-order valence-corrected chi connectivity index (χ2v) is 36.7. The van der Waals surface area contributed by atoms with Gasteiger partial charge in [0.2, 0.25) is 17.7 Å². The fourth-order valence-corrected chi connectivity index (χ4v) is 20.9. The van der Waals surface area contributed by atoms with E-state index in [0.717, 1.165) is 149 Å². The van der Waals surface area contributed by atoms with Gasteiger partial charge in [-0.2, -0.15) is 0 Å². The van der Waals surface area contributed by atoms with Crippen LogP contribution in [0.4, 0.5) is 0 Å². The van der Waals surface area contributed by atoms with Crippen LogP contribution < -0.4 is 0 Å². The van der Waals surface area contributed by atoms with Gasteiger partial charge in [0, 0.05) is 123 Å². The lowest BCUT2D eigenvalue weighted by atomic mass is 9.98. The third-order valence-corrected chi connectivity index (χ3v) is 27.9. The molecule has 0 spiro atoms. The van der Waals surface area contributed by atoms with Gasteiger partial charge >= 0.3 is 0 Å². The van der Waals surface area contributed by atoms with Crippen LogP contribution in [-0.4, -0.2) is 97.6 Å². The van der Waals surface area contributed by atoms with Crippen LogP contribution in [0.15, 0.2) is 486 Å². The SMILES string of the molecule is c1ccc(-c2nc(-c3ccccc3)nc(-c3cnc(-n4c5ccccc5c5cc(-c6ccc7c(c6)c6ccccc6n7-c6ncc(-c7nc(-c8ccccc8)nc(-c8ccccc8)n7)cn6)ccc54)nc3)n2)cc1.c1ccc(-c2nc(-c3ccccc3)nc(-c3ncc(-n4c5ccc(-c6ccc7c(c6)c6ccccc6n7-c6ccccc6)cc5c5cc(-c6ccc7c(c6)c6ccccc6n7-c6ccccc6)ccc54)cn3)n2)cc1. The van der Waals surface area contributed by atoms with Crippen LogP contribution in [0.2, 0.25) is 0 Å². The van der Waals surface area contributed by atoms with Gasteiger partial charge in [0.15, 0.2) is 52.4 Å². The van der Waals surface area contributed by atoms with E-state index >= 15 is 0 Å². The summed E-state index contributed by atoms with van der Waals surface area (Å²) in [5.41, 5.74) is 27.3. The van der Waals surface area contributed by atoms with Crippen molar-refractivity contribution in [3.05, 3.63) is 486 Å². The second kappa shape index (κ2) is 36.3. The molecule has 0 aliphatic heterocycles. The Balaban J connectivity index is 0.000000143. The fraction of sp³-hybridized carbons (Fsp3) is 0. The van der Waals surface area contributed by atoms with Gasteiger partial charge in [0.25, 0.3) is 0 Å². The maximum absolute atomic E-state index is 4.98. The summed E-state index contributed by atoms with van der Waals surface area (Å²) in [5.74, 6) is 6.32. The lowest BCUT2D eigenvalue weighted by Crippen LogP contribution is -2.03. The molecule has 0 saturated heterocycles. The van der Waals surface area contributed by atoms with E-state index in [2.05, 4.69) is 278 Å². The Bertz CT molecular complexity index is 9570. The number of para-hydroxylation sites is 6. The first-order chi connectivity index (χ1) is 73.8. The predicted octanol–water partition coefficient (Wildman–Crippen LogP) is 29.8. The molecular formula is C129H80N20. The van der Waals surface area contributed by atoms with E-state index in [9.17, 15) is 0 Å². The lowest BCUT2D eigenvalue weighted by Gasteiger charge is -2.10. The molecule has 20 heteroatoms. The largest absolute Gasteiger partial charge is 0.309 e. The Morgan fingerprint density at radius 1 is 0.114 bits per heavy atom. The van der Waals surface area contributed by atoms with Crippen molar-refractivity contribution in [1.29, 1.82) is 0 Å². The van der Waals surface area contributed by atoms with Crippen molar-refractivity contribution >= 4 is 109 Å². The van der Waals surface area contributed by atoms with E-state index < -0.39 is 0 Å². The van der Waals surface area contributed by atoms with Gasteiger partial charge in [0.05, 0.1) is 84.4 Å². The van der Waals surface area contributed by atoms with Crippen LogP contribution in [0.3, 0.4) is 0 Å². The summed E-state index contributed by atoms with van der Waals surface area (Å²) >= 11 is 0. The quantitative estimate of drug-likeness (QED) is 0.0828. The van der Waals surface area contributed by atoms with Crippen LogP contribution in [-0.2, 0) is 0 Å². The van der Waals surface area contributed by atoms with E-state index in [4.69, 9.17) is 74.8 Å². The Hall–Kier alpha value is -20.8. The van der Waals surface area contributed by atoms with Crippen LogP contribution in [0.1, 0.15) is 0 Å². The molecule has 0 N–H and O–H groups in total. The van der Waals surface area contributed by atoms with Gasteiger partial charge < -0.3 is 13.7 Å². The highest BCUT2D eigenvalue weighted by atomic mass is 15.2. The first-order valence-electron chi connectivity index (χ1n) is 49.3. The number of nitrogens with zero attached hydrogens (tertiary/aromatic N) is 20. The standard InChI is InChI=1S/C67H42N8.C62H38N12/c1-5-17-43(18-6-1)64-70-65(44-19-7-2-8-20-44)72-67(71-64)66-68-41-51(42-69-66)75-62-35-31-47(45-29-33-60-54(37-45)52-25-13-15-27-58(52)73(60)49-21-9-3-10-22-49)39-56(62)57-40-48(32-36-63(57)75)46-30-34-61-55(38-46)53-26-14-16-28-59(53)74(61)50-23-11-4-12-24-50;1-5-17-39(18-6-1)55-67-56(40-19-7-2-8-20-40)70-59(69-55)45-35-63-61(64-36-45)73-51-27-15-13-25-47(51)49-33-43(29-31-53(49)73)44-30-32-54-50(34-44)48-26-14-16-28-52(48)74(54)62-65-37-46(38-66-62)60-71-57(41-21-9-3-10-22-41)68-58(72-60)42-23-11-4-12-24-42/h1-42H;1-38H. The highest BCUT2D eigenvalue weighted by Crippen LogP contribution is 2.45. The monoisotopic (exact) mass is 1910 g/mol. The van der Waals surface area contributed by atoms with Gasteiger partial charge in [-0.15, -0.1) is 0 Å². The number of aromatic nitrogens is 20. The maximum Gasteiger partial charge on any atom is 0.234 e. The van der Waals surface area contributed by atoms with Crippen LogP contribution in [0.25, 0.3) is 274 Å². The summed E-state index contributed by atoms with van der Waals surface area (Å²) in [4.78, 5) is 73.8. The molecule has 11 aromatic heterocycles. The zero-order chi connectivity index (χ0) is 98.4. The smallest absolute Gasteiger partial charge is 0.234 e. The lowest BCUT2D eigenvalue weighted by molar-refractivity contribution is 0.981. The molecule has 20 nitrogen and oxygen atoms in total. The molecule has 0 fully saturated rings. The van der Waals surface area contributed by atoms with Gasteiger partial charge in [-0.25, -0.2) is 74.8 Å². The molecule has 18 aromatic carbocycles. The van der Waals surface area contributed by atoms with Crippen molar-refractivity contribution in [3.63, 3.8) is 0 Å². The summed E-state index contributed by atoms with van der Waals surface area (Å²) in [6.45, 7) is 0. The highest BCUT2D eigenvalue weighted by Gasteiger charge is 2.26. The highest BCUT2D eigenvalue weighted by molar-refractivity contribution is 6.17.